The Bertz CT molecular complexity index is 337. The molecule has 15 heavy (non-hydrogen) atoms. The van der Waals surface area contributed by atoms with E-state index in [0.29, 0.717) is 6.54 Å². The molecular weight excluding hydrogens is 258 g/mol. The van der Waals surface area contributed by atoms with E-state index >= 15 is 0 Å². The van der Waals surface area contributed by atoms with Crippen molar-refractivity contribution in [1.82, 2.24) is 0 Å². The average molecular weight is 274 g/mol. The Morgan fingerprint density at radius 1 is 1.53 bits per heavy atom. The van der Waals surface area contributed by atoms with Gasteiger partial charge in [0.15, 0.2) is 0 Å². The van der Waals surface area contributed by atoms with Crippen LogP contribution >= 0.6 is 15.9 Å². The Balaban J connectivity index is 3.21. The fraction of sp³-hybridized carbons (Fsp3) is 0.455. The van der Waals surface area contributed by atoms with Crippen molar-refractivity contribution in [1.29, 1.82) is 0 Å². The molecule has 0 saturated heterocycles. The zero-order valence-corrected chi connectivity index (χ0v) is 10.5. The van der Waals surface area contributed by atoms with Crippen molar-refractivity contribution in [3.63, 3.8) is 0 Å². The van der Waals surface area contributed by atoms with Gasteiger partial charge in [-0.15, -0.1) is 0 Å². The molecule has 0 radical (unpaired) electrons. The van der Waals surface area contributed by atoms with E-state index in [2.05, 4.69) is 15.9 Å². The molecule has 0 fully saturated rings. The maximum absolute atomic E-state index is 9.39. The van der Waals surface area contributed by atoms with Crippen LogP contribution in [-0.2, 0) is 5.41 Å². The molecule has 84 valence electrons. The summed E-state index contributed by atoms with van der Waals surface area (Å²) in [7, 11) is 1.62. The molecule has 0 aromatic heterocycles. The Morgan fingerprint density at radius 3 is 2.67 bits per heavy atom. The summed E-state index contributed by atoms with van der Waals surface area (Å²) in [5.41, 5.74) is 6.22. The summed E-state index contributed by atoms with van der Waals surface area (Å²) >= 11 is 3.45. The summed E-state index contributed by atoms with van der Waals surface area (Å²) in [6, 6.07) is 5.66. The van der Waals surface area contributed by atoms with Crippen LogP contribution < -0.4 is 10.5 Å². The third-order valence-electron chi connectivity index (χ3n) is 2.62. The van der Waals surface area contributed by atoms with E-state index in [0.717, 1.165) is 15.8 Å². The number of benzene rings is 1. The number of aliphatic hydroxyl groups is 1. The van der Waals surface area contributed by atoms with Gasteiger partial charge in [0, 0.05) is 16.4 Å². The number of hydrogen-bond donors (Lipinski definition) is 2. The van der Waals surface area contributed by atoms with Gasteiger partial charge in [-0.1, -0.05) is 22.9 Å². The van der Waals surface area contributed by atoms with E-state index in [1.54, 1.807) is 7.11 Å². The highest BCUT2D eigenvalue weighted by molar-refractivity contribution is 9.10. The fourth-order valence-electron chi connectivity index (χ4n) is 1.35. The smallest absolute Gasteiger partial charge is 0.119 e. The van der Waals surface area contributed by atoms with Crippen molar-refractivity contribution in [2.75, 3.05) is 20.3 Å². The molecule has 0 heterocycles. The van der Waals surface area contributed by atoms with Gasteiger partial charge in [-0.2, -0.15) is 0 Å². The Labute approximate surface area is 98.4 Å². The molecule has 3 nitrogen and oxygen atoms in total. The lowest BCUT2D eigenvalue weighted by Crippen LogP contribution is -2.35. The number of methoxy groups -OCH3 is 1. The van der Waals surface area contributed by atoms with Crippen LogP contribution in [0.15, 0.2) is 22.7 Å². The SMILES string of the molecule is COc1ccc(Br)c(C(C)(CN)CO)c1. The molecule has 1 aromatic rings. The molecule has 0 spiro atoms. The van der Waals surface area contributed by atoms with Crippen LogP contribution in [0.3, 0.4) is 0 Å². The van der Waals surface area contributed by atoms with Gasteiger partial charge in [0.2, 0.25) is 0 Å². The summed E-state index contributed by atoms with van der Waals surface area (Å²) < 4.78 is 6.09. The van der Waals surface area contributed by atoms with Crippen LogP contribution in [0, 0.1) is 0 Å². The zero-order chi connectivity index (χ0) is 11.5. The molecule has 4 heteroatoms. The third kappa shape index (κ3) is 2.51. The number of halogens is 1. The molecule has 0 bridgehead atoms. The standard InChI is InChI=1S/C11H16BrNO2/c1-11(6-13,7-14)9-5-8(15-2)3-4-10(9)12/h3-5,14H,6-7,13H2,1-2H3. The average Bonchev–Trinajstić information content (AvgIpc) is 2.28. The molecule has 1 aromatic carbocycles. The van der Waals surface area contributed by atoms with Gasteiger partial charge in [0.1, 0.15) is 5.75 Å². The molecule has 1 unspecified atom stereocenters. The predicted octanol–water partition coefficient (Wildman–Crippen LogP) is 1.67. The molecule has 0 saturated carbocycles. The van der Waals surface area contributed by atoms with Crippen LogP contribution in [0.25, 0.3) is 0 Å². The third-order valence-corrected chi connectivity index (χ3v) is 3.31. The number of rotatable bonds is 4. The molecule has 0 amide bonds. The monoisotopic (exact) mass is 273 g/mol. The van der Waals surface area contributed by atoms with Gasteiger partial charge in [-0.3, -0.25) is 0 Å². The van der Waals surface area contributed by atoms with Gasteiger partial charge >= 0.3 is 0 Å². The van der Waals surface area contributed by atoms with Crippen molar-refractivity contribution in [2.24, 2.45) is 5.73 Å². The Hall–Kier alpha value is -0.580. The van der Waals surface area contributed by atoms with Gasteiger partial charge < -0.3 is 15.6 Å². The zero-order valence-electron chi connectivity index (χ0n) is 8.96. The Kier molecular flexibility index (Phi) is 4.13. The molecular formula is C11H16BrNO2. The van der Waals surface area contributed by atoms with Gasteiger partial charge in [0.05, 0.1) is 13.7 Å². The largest absolute Gasteiger partial charge is 0.497 e. The van der Waals surface area contributed by atoms with E-state index in [1.807, 2.05) is 25.1 Å². The maximum Gasteiger partial charge on any atom is 0.119 e. The highest BCUT2D eigenvalue weighted by Crippen LogP contribution is 2.32. The summed E-state index contributed by atoms with van der Waals surface area (Å²) in [4.78, 5) is 0. The minimum absolute atomic E-state index is 0.00919. The lowest BCUT2D eigenvalue weighted by molar-refractivity contribution is 0.209. The number of aliphatic hydroxyl groups excluding tert-OH is 1. The second-order valence-electron chi connectivity index (χ2n) is 3.77. The summed E-state index contributed by atoms with van der Waals surface area (Å²) in [5, 5.41) is 9.39. The number of ether oxygens (including phenoxy) is 1. The van der Waals surface area contributed by atoms with Gasteiger partial charge in [-0.05, 0) is 23.8 Å². The van der Waals surface area contributed by atoms with Crippen LogP contribution in [0.1, 0.15) is 12.5 Å². The predicted molar refractivity (Wildman–Crippen MR) is 64.2 cm³/mol. The second kappa shape index (κ2) is 4.96. The van der Waals surface area contributed by atoms with Gasteiger partial charge in [-0.25, -0.2) is 0 Å². The topological polar surface area (TPSA) is 55.5 Å². The van der Waals surface area contributed by atoms with Crippen LogP contribution in [0.4, 0.5) is 0 Å². The van der Waals surface area contributed by atoms with Crippen LogP contribution in [0.5, 0.6) is 5.75 Å². The van der Waals surface area contributed by atoms with Crippen molar-refractivity contribution < 1.29 is 9.84 Å². The first-order valence-corrected chi connectivity index (χ1v) is 5.51. The normalized spacial score (nSPS) is 14.7. The Morgan fingerprint density at radius 2 is 2.20 bits per heavy atom. The van der Waals surface area contributed by atoms with Gasteiger partial charge in [0.25, 0.3) is 0 Å². The maximum atomic E-state index is 9.39. The lowest BCUT2D eigenvalue weighted by Gasteiger charge is -2.27. The van der Waals surface area contributed by atoms with Crippen molar-refractivity contribution in [2.45, 2.75) is 12.3 Å². The summed E-state index contributed by atoms with van der Waals surface area (Å²) in [6.45, 7) is 2.32. The quantitative estimate of drug-likeness (QED) is 0.878. The fourth-order valence-corrected chi connectivity index (χ4v) is 2.08. The molecule has 0 aliphatic rings. The summed E-state index contributed by atoms with van der Waals surface area (Å²) in [6.07, 6.45) is 0. The van der Waals surface area contributed by atoms with Crippen molar-refractivity contribution in [3.05, 3.63) is 28.2 Å². The van der Waals surface area contributed by atoms with Crippen molar-refractivity contribution in [3.8, 4) is 5.75 Å². The van der Waals surface area contributed by atoms with E-state index < -0.39 is 5.41 Å². The van der Waals surface area contributed by atoms with Crippen molar-refractivity contribution >= 4 is 15.9 Å². The van der Waals surface area contributed by atoms with E-state index in [1.165, 1.54) is 0 Å². The minimum atomic E-state index is -0.437. The number of nitrogens with two attached hydrogens (primary N) is 1. The van der Waals surface area contributed by atoms with Crippen LogP contribution in [-0.4, -0.2) is 25.4 Å². The molecule has 3 N–H and O–H groups in total. The first-order valence-electron chi connectivity index (χ1n) is 4.72. The molecule has 0 aliphatic carbocycles. The second-order valence-corrected chi connectivity index (χ2v) is 4.62. The lowest BCUT2D eigenvalue weighted by atomic mass is 9.83. The first kappa shape index (κ1) is 12.5. The van der Waals surface area contributed by atoms with E-state index in [-0.39, 0.29) is 6.61 Å². The van der Waals surface area contributed by atoms with E-state index in [4.69, 9.17) is 10.5 Å². The minimum Gasteiger partial charge on any atom is -0.497 e. The van der Waals surface area contributed by atoms with E-state index in [9.17, 15) is 5.11 Å². The van der Waals surface area contributed by atoms with Crippen LogP contribution in [0.2, 0.25) is 0 Å². The first-order chi connectivity index (χ1) is 7.07. The molecule has 1 rings (SSSR count). The molecule has 1 atom stereocenters. The summed E-state index contributed by atoms with van der Waals surface area (Å²) in [5.74, 6) is 0.765. The molecule has 0 aliphatic heterocycles. The highest BCUT2D eigenvalue weighted by Gasteiger charge is 2.26. The number of hydrogen-bond acceptors (Lipinski definition) is 3. The highest BCUT2D eigenvalue weighted by atomic mass is 79.9.